The van der Waals surface area contributed by atoms with Gasteiger partial charge in [-0.05, 0) is 12.1 Å². The fourth-order valence-electron chi connectivity index (χ4n) is 2.31. The number of hydrogen-bond donors (Lipinski definition) is 1. The maximum atomic E-state index is 12.6. The number of carbonyl (C=O) groups excluding carboxylic acids is 1. The lowest BCUT2D eigenvalue weighted by Crippen LogP contribution is -2.48. The van der Waals surface area contributed by atoms with Crippen molar-refractivity contribution >= 4 is 15.7 Å². The average molecular weight is 296 g/mol. The molecule has 0 aromatic heterocycles. The van der Waals surface area contributed by atoms with Gasteiger partial charge in [-0.3, -0.25) is 4.79 Å². The Morgan fingerprint density at radius 3 is 2.40 bits per heavy atom. The molecule has 1 heterocycles. The lowest BCUT2D eigenvalue weighted by molar-refractivity contribution is -0.133. The average Bonchev–Trinajstić information content (AvgIpc) is 2.45. The summed E-state index contributed by atoms with van der Waals surface area (Å²) in [6.07, 6.45) is 0. The predicted octanol–water partition coefficient (Wildman–Crippen LogP) is 0.594. The number of benzene rings is 1. The maximum absolute atomic E-state index is 12.6. The molecule has 1 aromatic rings. The molecule has 1 aromatic carbocycles. The Bertz CT molecular complexity index is 543. The van der Waals surface area contributed by atoms with Crippen LogP contribution in [-0.4, -0.2) is 50.4 Å². The zero-order chi connectivity index (χ0) is 14.6. The van der Waals surface area contributed by atoms with Crippen LogP contribution in [0.2, 0.25) is 0 Å². The molecule has 1 aliphatic heterocycles. The Balaban J connectivity index is 2.12. The minimum Gasteiger partial charge on any atom is -0.339 e. The maximum Gasteiger partial charge on any atom is 0.244 e. The third-order valence-corrected chi connectivity index (χ3v) is 5.05. The number of sulfone groups is 1. The van der Waals surface area contributed by atoms with Crippen LogP contribution in [0.3, 0.4) is 0 Å². The highest BCUT2D eigenvalue weighted by molar-refractivity contribution is 7.91. The van der Waals surface area contributed by atoms with Gasteiger partial charge >= 0.3 is 0 Å². The van der Waals surface area contributed by atoms with Gasteiger partial charge < -0.3 is 10.2 Å². The second-order valence-electron chi connectivity index (χ2n) is 4.88. The van der Waals surface area contributed by atoms with Crippen LogP contribution in [0.15, 0.2) is 30.3 Å². The number of rotatable bonds is 4. The van der Waals surface area contributed by atoms with Crippen LogP contribution in [0.4, 0.5) is 0 Å². The summed E-state index contributed by atoms with van der Waals surface area (Å²) in [6.45, 7) is 3.20. The van der Waals surface area contributed by atoms with Crippen molar-refractivity contribution in [2.75, 3.05) is 31.1 Å². The molecule has 6 heteroatoms. The lowest BCUT2D eigenvalue weighted by Gasteiger charge is -2.30. The number of likely N-dealkylation sites (N-methyl/N-ethyl adjacent to an activating group) is 1. The molecule has 0 radical (unpaired) electrons. The van der Waals surface area contributed by atoms with E-state index in [0.29, 0.717) is 6.54 Å². The van der Waals surface area contributed by atoms with Crippen molar-refractivity contribution < 1.29 is 13.2 Å². The largest absolute Gasteiger partial charge is 0.339 e. The van der Waals surface area contributed by atoms with Crippen molar-refractivity contribution in [1.82, 2.24) is 10.2 Å². The molecule has 1 N–H and O–H groups in total. The van der Waals surface area contributed by atoms with E-state index in [1.165, 1.54) is 0 Å². The normalized spacial score (nSPS) is 19.6. The SMILES string of the molecule is CCNC(C(=O)N1CCS(=O)(=O)CC1)c1ccccc1. The molecule has 0 bridgehead atoms. The molecule has 1 fully saturated rings. The summed E-state index contributed by atoms with van der Waals surface area (Å²) < 4.78 is 22.9. The van der Waals surface area contributed by atoms with Crippen molar-refractivity contribution in [2.45, 2.75) is 13.0 Å². The molecule has 1 amide bonds. The zero-order valence-electron chi connectivity index (χ0n) is 11.6. The first-order valence-electron chi connectivity index (χ1n) is 6.81. The first-order chi connectivity index (χ1) is 9.53. The number of nitrogens with one attached hydrogen (secondary N) is 1. The quantitative estimate of drug-likeness (QED) is 0.883. The van der Waals surface area contributed by atoms with E-state index in [1.807, 2.05) is 37.3 Å². The van der Waals surface area contributed by atoms with Gasteiger partial charge in [0, 0.05) is 13.1 Å². The summed E-state index contributed by atoms with van der Waals surface area (Å²) in [7, 11) is -2.97. The van der Waals surface area contributed by atoms with E-state index in [9.17, 15) is 13.2 Å². The molecular weight excluding hydrogens is 276 g/mol. The summed E-state index contributed by atoms with van der Waals surface area (Å²) in [6, 6.07) is 9.12. The molecule has 1 unspecified atom stereocenters. The van der Waals surface area contributed by atoms with E-state index in [1.54, 1.807) is 4.90 Å². The second kappa shape index (κ2) is 6.37. The molecule has 1 atom stereocenters. The highest BCUT2D eigenvalue weighted by Gasteiger charge is 2.30. The van der Waals surface area contributed by atoms with E-state index >= 15 is 0 Å². The highest BCUT2D eigenvalue weighted by atomic mass is 32.2. The Hall–Kier alpha value is -1.40. The van der Waals surface area contributed by atoms with Crippen molar-refractivity contribution in [3.05, 3.63) is 35.9 Å². The summed E-state index contributed by atoms with van der Waals surface area (Å²) >= 11 is 0. The van der Waals surface area contributed by atoms with E-state index in [-0.39, 0.29) is 30.5 Å². The molecule has 1 saturated heterocycles. The van der Waals surface area contributed by atoms with Gasteiger partial charge in [0.2, 0.25) is 5.91 Å². The number of carbonyl (C=O) groups is 1. The van der Waals surface area contributed by atoms with Crippen LogP contribution in [0.25, 0.3) is 0 Å². The first-order valence-corrected chi connectivity index (χ1v) is 8.63. The van der Waals surface area contributed by atoms with Crippen LogP contribution >= 0.6 is 0 Å². The van der Waals surface area contributed by atoms with E-state index < -0.39 is 15.9 Å². The molecule has 2 rings (SSSR count). The van der Waals surface area contributed by atoms with Crippen LogP contribution in [0.5, 0.6) is 0 Å². The molecule has 0 saturated carbocycles. The van der Waals surface area contributed by atoms with Crippen molar-refractivity contribution in [3.8, 4) is 0 Å². The molecule has 0 aliphatic carbocycles. The molecule has 5 nitrogen and oxygen atoms in total. The Labute approximate surface area is 119 Å². The summed E-state index contributed by atoms with van der Waals surface area (Å²) in [5.74, 6) is 0.0756. The van der Waals surface area contributed by atoms with Crippen LogP contribution in [-0.2, 0) is 14.6 Å². The molecule has 0 spiro atoms. The number of nitrogens with zero attached hydrogens (tertiary/aromatic N) is 1. The van der Waals surface area contributed by atoms with Crippen LogP contribution in [0.1, 0.15) is 18.5 Å². The minimum atomic E-state index is -2.97. The van der Waals surface area contributed by atoms with E-state index in [2.05, 4.69) is 5.32 Å². The van der Waals surface area contributed by atoms with Gasteiger partial charge in [0.25, 0.3) is 0 Å². The number of hydrogen-bond acceptors (Lipinski definition) is 4. The molecule has 1 aliphatic rings. The van der Waals surface area contributed by atoms with Gasteiger partial charge in [-0.1, -0.05) is 37.3 Å². The van der Waals surface area contributed by atoms with E-state index in [0.717, 1.165) is 5.56 Å². The third kappa shape index (κ3) is 3.58. The Kier molecular flexibility index (Phi) is 4.77. The second-order valence-corrected chi connectivity index (χ2v) is 7.18. The summed E-state index contributed by atoms with van der Waals surface area (Å²) in [5.41, 5.74) is 0.910. The van der Waals surface area contributed by atoms with Crippen molar-refractivity contribution in [2.24, 2.45) is 0 Å². The van der Waals surface area contributed by atoms with Crippen molar-refractivity contribution in [3.63, 3.8) is 0 Å². The van der Waals surface area contributed by atoms with Gasteiger partial charge in [0.05, 0.1) is 11.5 Å². The zero-order valence-corrected chi connectivity index (χ0v) is 12.4. The van der Waals surface area contributed by atoms with Crippen LogP contribution in [0, 0.1) is 0 Å². The lowest BCUT2D eigenvalue weighted by atomic mass is 10.1. The fourth-order valence-corrected chi connectivity index (χ4v) is 3.51. The molecular formula is C14H20N2O3S. The Morgan fingerprint density at radius 1 is 1.25 bits per heavy atom. The summed E-state index contributed by atoms with van der Waals surface area (Å²) in [5, 5.41) is 3.18. The van der Waals surface area contributed by atoms with Gasteiger partial charge in [-0.25, -0.2) is 8.42 Å². The van der Waals surface area contributed by atoms with Gasteiger partial charge in [-0.2, -0.15) is 0 Å². The topological polar surface area (TPSA) is 66.5 Å². The van der Waals surface area contributed by atoms with E-state index in [4.69, 9.17) is 0 Å². The smallest absolute Gasteiger partial charge is 0.244 e. The standard InChI is InChI=1S/C14H20N2O3S/c1-2-15-13(12-6-4-3-5-7-12)14(17)16-8-10-20(18,19)11-9-16/h3-7,13,15H,2,8-11H2,1H3. The molecule has 110 valence electrons. The van der Waals surface area contributed by atoms with Crippen molar-refractivity contribution in [1.29, 1.82) is 0 Å². The number of amides is 1. The minimum absolute atomic E-state index is 0.0482. The van der Waals surface area contributed by atoms with Gasteiger partial charge in [0.1, 0.15) is 6.04 Å². The summed E-state index contributed by atoms with van der Waals surface area (Å²) in [4.78, 5) is 14.2. The highest BCUT2D eigenvalue weighted by Crippen LogP contribution is 2.17. The van der Waals surface area contributed by atoms with Gasteiger partial charge in [0.15, 0.2) is 9.84 Å². The first kappa shape index (κ1) is 15.0. The third-order valence-electron chi connectivity index (χ3n) is 3.44. The predicted molar refractivity (Wildman–Crippen MR) is 78.1 cm³/mol. The molecule has 20 heavy (non-hydrogen) atoms. The van der Waals surface area contributed by atoms with Crippen LogP contribution < -0.4 is 5.32 Å². The monoisotopic (exact) mass is 296 g/mol. The fraction of sp³-hybridized carbons (Fsp3) is 0.500. The Morgan fingerprint density at radius 2 is 1.85 bits per heavy atom. The van der Waals surface area contributed by atoms with Gasteiger partial charge in [-0.15, -0.1) is 0 Å².